The number of nitrogens with one attached hydrogen (secondary N) is 1. The van der Waals surface area contributed by atoms with E-state index < -0.39 is 12.0 Å². The van der Waals surface area contributed by atoms with Crippen molar-refractivity contribution in [3.05, 3.63) is 35.9 Å². The van der Waals surface area contributed by atoms with E-state index in [1.165, 1.54) is 0 Å². The van der Waals surface area contributed by atoms with E-state index in [0.717, 1.165) is 0 Å². The van der Waals surface area contributed by atoms with Crippen LogP contribution < -0.4 is 5.32 Å². The van der Waals surface area contributed by atoms with Gasteiger partial charge in [0, 0.05) is 24.4 Å². The monoisotopic (exact) mass is 355 g/mol. The zero-order chi connectivity index (χ0) is 19.2. The van der Waals surface area contributed by atoms with E-state index in [1.54, 1.807) is 31.2 Å². The number of nitriles is 2. The Labute approximate surface area is 154 Å². The van der Waals surface area contributed by atoms with Crippen molar-refractivity contribution in [3.63, 3.8) is 0 Å². The van der Waals surface area contributed by atoms with Gasteiger partial charge in [0.05, 0.1) is 24.7 Å². The smallest absolute Gasteiger partial charge is 0.311 e. The lowest BCUT2D eigenvalue weighted by Gasteiger charge is -2.26. The molecule has 0 fully saturated rings. The highest BCUT2D eigenvalue weighted by Gasteiger charge is 2.30. The highest BCUT2D eigenvalue weighted by molar-refractivity contribution is 5.94. The number of carbonyl (C=O) groups excluding carboxylic acids is 2. The van der Waals surface area contributed by atoms with E-state index in [-0.39, 0.29) is 24.9 Å². The van der Waals surface area contributed by atoms with E-state index in [1.807, 2.05) is 6.07 Å². The number of benzene rings is 1. The molecular weight excluding hydrogens is 330 g/mol. The maximum Gasteiger partial charge on any atom is 0.311 e. The number of amides is 1. The Morgan fingerprint density at radius 3 is 2.38 bits per heavy atom. The summed E-state index contributed by atoms with van der Waals surface area (Å²) in [5, 5.41) is 20.5. The fourth-order valence-corrected chi connectivity index (χ4v) is 2.74. The molecule has 2 atom stereocenters. The Morgan fingerprint density at radius 1 is 1.08 bits per heavy atom. The van der Waals surface area contributed by atoms with Crippen molar-refractivity contribution in [2.24, 2.45) is 5.92 Å². The first-order chi connectivity index (χ1) is 12.6. The lowest BCUT2D eigenvalue weighted by molar-refractivity contribution is -0.149. The van der Waals surface area contributed by atoms with E-state index >= 15 is 0 Å². The number of rotatable bonds is 11. The Morgan fingerprint density at radius 2 is 1.77 bits per heavy atom. The van der Waals surface area contributed by atoms with Crippen molar-refractivity contribution < 1.29 is 14.3 Å². The van der Waals surface area contributed by atoms with Crippen molar-refractivity contribution in [2.45, 2.75) is 51.5 Å². The van der Waals surface area contributed by atoms with Crippen molar-refractivity contribution in [1.82, 2.24) is 5.32 Å². The van der Waals surface area contributed by atoms with Gasteiger partial charge in [-0.2, -0.15) is 10.5 Å². The molecule has 0 unspecified atom stereocenters. The van der Waals surface area contributed by atoms with Gasteiger partial charge in [0.2, 0.25) is 0 Å². The summed E-state index contributed by atoms with van der Waals surface area (Å²) in [6, 6.07) is 12.4. The number of nitrogens with zero attached hydrogens (tertiary/aromatic N) is 2. The number of hydrogen-bond donors (Lipinski definition) is 1. The van der Waals surface area contributed by atoms with E-state index in [4.69, 9.17) is 15.3 Å². The number of unbranched alkanes of at least 4 members (excludes halogenated alkanes) is 2. The largest absolute Gasteiger partial charge is 0.466 e. The SMILES string of the molecule is CCOC(=O)[C@H](CCCCC#N)[C@H](CCC#N)NC(=O)c1ccccc1. The Kier molecular flexibility index (Phi) is 10.2. The van der Waals surface area contributed by atoms with Crippen LogP contribution >= 0.6 is 0 Å². The normalized spacial score (nSPS) is 12.3. The minimum Gasteiger partial charge on any atom is -0.466 e. The molecular formula is C20H25N3O3. The Balaban J connectivity index is 2.89. The third-order valence-electron chi connectivity index (χ3n) is 4.05. The van der Waals surface area contributed by atoms with Gasteiger partial charge in [-0.3, -0.25) is 9.59 Å². The second kappa shape index (κ2) is 12.5. The molecule has 0 saturated heterocycles. The van der Waals surface area contributed by atoms with Crippen LogP contribution in [0.1, 0.15) is 55.8 Å². The highest BCUT2D eigenvalue weighted by Crippen LogP contribution is 2.20. The van der Waals surface area contributed by atoms with Crippen LogP contribution in [0, 0.1) is 28.6 Å². The van der Waals surface area contributed by atoms with Crippen molar-refractivity contribution >= 4 is 11.9 Å². The molecule has 1 aromatic rings. The lowest BCUT2D eigenvalue weighted by atomic mass is 9.90. The van der Waals surface area contributed by atoms with E-state index in [9.17, 15) is 9.59 Å². The number of carbonyl (C=O) groups is 2. The minimum atomic E-state index is -0.533. The summed E-state index contributed by atoms with van der Waals surface area (Å²) in [6.45, 7) is 1.99. The number of esters is 1. The predicted molar refractivity (Wildman–Crippen MR) is 96.7 cm³/mol. The zero-order valence-electron chi connectivity index (χ0n) is 15.1. The van der Waals surface area contributed by atoms with Gasteiger partial charge in [-0.15, -0.1) is 0 Å². The molecule has 0 spiro atoms. The van der Waals surface area contributed by atoms with Gasteiger partial charge in [-0.25, -0.2) is 0 Å². The van der Waals surface area contributed by atoms with Crippen LogP contribution in [0.25, 0.3) is 0 Å². The summed E-state index contributed by atoms with van der Waals surface area (Å²) in [4.78, 5) is 24.9. The topological polar surface area (TPSA) is 103 Å². The molecule has 1 N–H and O–H groups in total. The maximum absolute atomic E-state index is 12.5. The molecule has 0 aliphatic rings. The molecule has 26 heavy (non-hydrogen) atoms. The molecule has 0 aliphatic carbocycles. The molecule has 1 rings (SSSR count). The molecule has 6 nitrogen and oxygen atoms in total. The summed E-state index contributed by atoms with van der Waals surface area (Å²) in [6.07, 6.45) is 2.90. The fourth-order valence-electron chi connectivity index (χ4n) is 2.74. The average Bonchev–Trinajstić information content (AvgIpc) is 2.66. The predicted octanol–water partition coefficient (Wildman–Crippen LogP) is 3.35. The van der Waals surface area contributed by atoms with Crippen molar-refractivity contribution in [3.8, 4) is 12.1 Å². The quantitative estimate of drug-likeness (QED) is 0.484. The molecule has 0 saturated carbocycles. The lowest BCUT2D eigenvalue weighted by Crippen LogP contribution is -2.44. The molecule has 1 amide bonds. The van der Waals surface area contributed by atoms with Crippen molar-refractivity contribution in [2.75, 3.05) is 6.61 Å². The van der Waals surface area contributed by atoms with Gasteiger partial charge in [0.25, 0.3) is 5.91 Å². The zero-order valence-corrected chi connectivity index (χ0v) is 15.1. The average molecular weight is 355 g/mol. The Hall–Kier alpha value is -2.86. The van der Waals surface area contributed by atoms with E-state index in [0.29, 0.717) is 37.7 Å². The molecule has 0 heterocycles. The number of ether oxygens (including phenoxy) is 1. The van der Waals surface area contributed by atoms with Crippen LogP contribution in [-0.4, -0.2) is 24.5 Å². The molecule has 0 aliphatic heterocycles. The third-order valence-corrected chi connectivity index (χ3v) is 4.05. The van der Waals surface area contributed by atoms with Crippen LogP contribution in [0.4, 0.5) is 0 Å². The summed E-state index contributed by atoms with van der Waals surface area (Å²) < 4.78 is 5.17. The molecule has 138 valence electrons. The molecule has 0 aromatic heterocycles. The third kappa shape index (κ3) is 7.36. The highest BCUT2D eigenvalue weighted by atomic mass is 16.5. The summed E-state index contributed by atoms with van der Waals surface area (Å²) in [7, 11) is 0. The second-order valence-corrected chi connectivity index (χ2v) is 5.91. The maximum atomic E-state index is 12.5. The number of hydrogen-bond acceptors (Lipinski definition) is 5. The first kappa shape index (κ1) is 21.2. The van der Waals surface area contributed by atoms with Crippen LogP contribution in [-0.2, 0) is 9.53 Å². The van der Waals surface area contributed by atoms with E-state index in [2.05, 4.69) is 17.5 Å². The van der Waals surface area contributed by atoms with Crippen LogP contribution in [0.15, 0.2) is 30.3 Å². The minimum absolute atomic E-state index is 0.230. The second-order valence-electron chi connectivity index (χ2n) is 5.91. The molecule has 0 bridgehead atoms. The van der Waals surface area contributed by atoms with Gasteiger partial charge >= 0.3 is 5.97 Å². The Bertz CT molecular complexity index is 647. The van der Waals surface area contributed by atoms with Gasteiger partial charge in [0.15, 0.2) is 0 Å². The summed E-state index contributed by atoms with van der Waals surface area (Å²) in [5.74, 6) is -1.18. The van der Waals surface area contributed by atoms with Gasteiger partial charge in [-0.1, -0.05) is 24.6 Å². The first-order valence-corrected chi connectivity index (χ1v) is 8.90. The first-order valence-electron chi connectivity index (χ1n) is 8.90. The van der Waals surface area contributed by atoms with Gasteiger partial charge in [-0.05, 0) is 38.3 Å². The molecule has 6 heteroatoms. The van der Waals surface area contributed by atoms with Crippen LogP contribution in [0.5, 0.6) is 0 Å². The summed E-state index contributed by atoms with van der Waals surface area (Å²) in [5.41, 5.74) is 0.501. The fraction of sp³-hybridized carbons (Fsp3) is 0.500. The van der Waals surface area contributed by atoms with Crippen LogP contribution in [0.3, 0.4) is 0 Å². The van der Waals surface area contributed by atoms with Gasteiger partial charge in [0.1, 0.15) is 0 Å². The van der Waals surface area contributed by atoms with Crippen molar-refractivity contribution in [1.29, 1.82) is 10.5 Å². The van der Waals surface area contributed by atoms with Crippen LogP contribution in [0.2, 0.25) is 0 Å². The molecule has 0 radical (unpaired) electrons. The standard InChI is InChI=1S/C20H25N3O3/c1-2-26-20(25)17(12-7-4-8-14-21)18(13-9-15-22)23-19(24)16-10-5-3-6-11-16/h3,5-6,10-11,17-18H,2,4,7-9,12-13H2,1H3,(H,23,24)/t17-,18+/m1/s1. The summed E-state index contributed by atoms with van der Waals surface area (Å²) >= 11 is 0. The molecule has 1 aromatic carbocycles. The van der Waals surface area contributed by atoms with Gasteiger partial charge < -0.3 is 10.1 Å².